The lowest BCUT2D eigenvalue weighted by Gasteiger charge is -2.20. The first kappa shape index (κ1) is 20.5. The summed E-state index contributed by atoms with van der Waals surface area (Å²) in [4.78, 5) is 30.2. The summed E-state index contributed by atoms with van der Waals surface area (Å²) in [5, 5.41) is 2.32. The average molecular weight is 410 g/mol. The summed E-state index contributed by atoms with van der Waals surface area (Å²) in [6, 6.07) is 15.0. The van der Waals surface area contributed by atoms with E-state index in [-0.39, 0.29) is 19.1 Å². The smallest absolute Gasteiger partial charge is 0.344 e. The quantitative estimate of drug-likeness (QED) is 0.534. The molecular formula is C22H22N2O4S. The van der Waals surface area contributed by atoms with E-state index >= 15 is 0 Å². The van der Waals surface area contributed by atoms with Gasteiger partial charge in [0.1, 0.15) is 12.4 Å². The zero-order valence-corrected chi connectivity index (χ0v) is 17.4. The van der Waals surface area contributed by atoms with Crippen molar-refractivity contribution in [2.75, 3.05) is 11.5 Å². The maximum absolute atomic E-state index is 12.3. The number of benzene rings is 2. The molecule has 0 fully saturated rings. The second kappa shape index (κ2) is 9.34. The molecule has 0 bridgehead atoms. The van der Waals surface area contributed by atoms with Crippen molar-refractivity contribution in [2.45, 2.75) is 27.4 Å². The topological polar surface area (TPSA) is 68.7 Å². The van der Waals surface area contributed by atoms with Crippen LogP contribution < -0.4 is 9.64 Å². The number of nitrogens with zero attached hydrogens (tertiary/aromatic N) is 2. The molecule has 3 aromatic rings. The molecular weight excluding hydrogens is 388 g/mol. The summed E-state index contributed by atoms with van der Waals surface area (Å²) in [6.07, 6.45) is 0. The number of para-hydroxylation sites is 1. The van der Waals surface area contributed by atoms with Crippen molar-refractivity contribution >= 4 is 34.0 Å². The van der Waals surface area contributed by atoms with Crippen molar-refractivity contribution in [3.63, 3.8) is 0 Å². The number of carbonyl (C=O) groups is 2. The average Bonchev–Trinajstić information content (AvgIpc) is 3.16. The van der Waals surface area contributed by atoms with E-state index in [4.69, 9.17) is 9.47 Å². The second-order valence-electron chi connectivity index (χ2n) is 6.53. The molecule has 0 N–H and O–H groups in total. The molecule has 0 spiro atoms. The minimum Gasteiger partial charge on any atom is -0.482 e. The van der Waals surface area contributed by atoms with Crippen molar-refractivity contribution < 1.29 is 19.1 Å². The molecule has 150 valence electrons. The Kier molecular flexibility index (Phi) is 6.61. The number of aromatic nitrogens is 1. The van der Waals surface area contributed by atoms with Gasteiger partial charge in [-0.25, -0.2) is 9.78 Å². The van der Waals surface area contributed by atoms with Crippen molar-refractivity contribution in [1.82, 2.24) is 4.98 Å². The molecule has 0 radical (unpaired) electrons. The van der Waals surface area contributed by atoms with Gasteiger partial charge >= 0.3 is 5.97 Å². The lowest BCUT2D eigenvalue weighted by atomic mass is 10.1. The largest absolute Gasteiger partial charge is 0.482 e. The van der Waals surface area contributed by atoms with Crippen LogP contribution in [-0.4, -0.2) is 23.5 Å². The van der Waals surface area contributed by atoms with Gasteiger partial charge in [-0.3, -0.25) is 9.69 Å². The van der Waals surface area contributed by atoms with Crippen LogP contribution in [0.5, 0.6) is 5.75 Å². The van der Waals surface area contributed by atoms with Crippen molar-refractivity contribution in [3.8, 4) is 5.75 Å². The fourth-order valence-electron chi connectivity index (χ4n) is 2.78. The Morgan fingerprint density at radius 3 is 2.55 bits per heavy atom. The standard InChI is InChI=1S/C22H22N2O4S/c1-15-9-10-20(16(2)11-15)24(17(3)25)22-23-18(14-29-22)12-28-21(26)13-27-19-7-5-4-6-8-19/h4-11,14H,12-13H2,1-3H3. The highest BCUT2D eigenvalue weighted by Gasteiger charge is 2.20. The molecule has 1 aromatic heterocycles. The Balaban J connectivity index is 1.62. The maximum atomic E-state index is 12.3. The zero-order chi connectivity index (χ0) is 20.8. The fourth-order valence-corrected chi connectivity index (χ4v) is 3.65. The summed E-state index contributed by atoms with van der Waals surface area (Å²) in [5.74, 6) is -0.0155. The Morgan fingerprint density at radius 2 is 1.86 bits per heavy atom. The van der Waals surface area contributed by atoms with Crippen LogP contribution in [0.2, 0.25) is 0 Å². The van der Waals surface area contributed by atoms with E-state index in [9.17, 15) is 9.59 Å². The van der Waals surface area contributed by atoms with Gasteiger partial charge in [-0.15, -0.1) is 11.3 Å². The van der Waals surface area contributed by atoms with Gasteiger partial charge in [-0.2, -0.15) is 0 Å². The predicted octanol–water partition coefficient (Wildman–Crippen LogP) is 4.57. The number of ether oxygens (including phenoxy) is 2. The van der Waals surface area contributed by atoms with E-state index in [1.54, 1.807) is 22.4 Å². The lowest BCUT2D eigenvalue weighted by molar-refractivity contribution is -0.147. The number of hydrogen-bond acceptors (Lipinski definition) is 6. The minimum absolute atomic E-state index is 0.0199. The Hall–Kier alpha value is -3.19. The molecule has 6 nitrogen and oxygen atoms in total. The minimum atomic E-state index is -0.485. The van der Waals surface area contributed by atoms with Gasteiger partial charge in [0, 0.05) is 12.3 Å². The van der Waals surface area contributed by atoms with Crippen LogP contribution in [0.15, 0.2) is 53.9 Å². The molecule has 0 aliphatic heterocycles. The summed E-state index contributed by atoms with van der Waals surface area (Å²) in [6.45, 7) is 5.31. The molecule has 0 unspecified atom stereocenters. The van der Waals surface area contributed by atoms with Gasteiger partial charge in [0.2, 0.25) is 5.91 Å². The van der Waals surface area contributed by atoms with Crippen LogP contribution >= 0.6 is 11.3 Å². The molecule has 0 atom stereocenters. The van der Waals surface area contributed by atoms with E-state index in [1.165, 1.54) is 18.3 Å². The third kappa shape index (κ3) is 5.42. The van der Waals surface area contributed by atoms with Crippen LogP contribution in [0.3, 0.4) is 0 Å². The fraction of sp³-hybridized carbons (Fsp3) is 0.227. The molecule has 2 aromatic carbocycles. The van der Waals surface area contributed by atoms with Crippen LogP contribution in [-0.2, 0) is 20.9 Å². The van der Waals surface area contributed by atoms with Crippen molar-refractivity contribution in [2.24, 2.45) is 0 Å². The molecule has 3 rings (SSSR count). The van der Waals surface area contributed by atoms with Gasteiger partial charge in [0.25, 0.3) is 0 Å². The number of aryl methyl sites for hydroxylation is 2. The summed E-state index contributed by atoms with van der Waals surface area (Å²) >= 11 is 1.33. The molecule has 0 aliphatic carbocycles. The van der Waals surface area contributed by atoms with Crippen LogP contribution in [0.1, 0.15) is 23.7 Å². The molecule has 29 heavy (non-hydrogen) atoms. The number of amides is 1. The number of carbonyl (C=O) groups excluding carboxylic acids is 2. The summed E-state index contributed by atoms with van der Waals surface area (Å²) < 4.78 is 10.6. The third-order valence-electron chi connectivity index (χ3n) is 4.12. The zero-order valence-electron chi connectivity index (χ0n) is 16.5. The van der Waals surface area contributed by atoms with Gasteiger partial charge in [0.05, 0.1) is 11.4 Å². The molecule has 0 aliphatic rings. The second-order valence-corrected chi connectivity index (χ2v) is 7.36. The molecule has 0 saturated carbocycles. The van der Waals surface area contributed by atoms with Gasteiger partial charge < -0.3 is 9.47 Å². The molecule has 7 heteroatoms. The normalized spacial score (nSPS) is 10.4. The Labute approximate surface area is 173 Å². The first-order valence-electron chi connectivity index (χ1n) is 9.10. The van der Waals surface area contributed by atoms with Crippen molar-refractivity contribution in [1.29, 1.82) is 0 Å². The van der Waals surface area contributed by atoms with Gasteiger partial charge in [0.15, 0.2) is 11.7 Å². The van der Waals surface area contributed by atoms with E-state index in [0.29, 0.717) is 16.6 Å². The van der Waals surface area contributed by atoms with Gasteiger partial charge in [-0.1, -0.05) is 35.9 Å². The highest BCUT2D eigenvalue weighted by atomic mass is 32.1. The summed E-state index contributed by atoms with van der Waals surface area (Å²) in [7, 11) is 0. The lowest BCUT2D eigenvalue weighted by Crippen LogP contribution is -2.23. The van der Waals surface area contributed by atoms with Crippen LogP contribution in [0, 0.1) is 13.8 Å². The van der Waals surface area contributed by atoms with E-state index in [1.807, 2.05) is 50.2 Å². The Bertz CT molecular complexity index is 1000. The van der Waals surface area contributed by atoms with E-state index < -0.39 is 5.97 Å². The third-order valence-corrected chi connectivity index (χ3v) is 4.99. The summed E-state index contributed by atoms with van der Waals surface area (Å²) in [5.41, 5.74) is 3.48. The monoisotopic (exact) mass is 410 g/mol. The van der Waals surface area contributed by atoms with Crippen molar-refractivity contribution in [3.05, 3.63) is 70.7 Å². The molecule has 1 heterocycles. The molecule has 0 saturated heterocycles. The highest BCUT2D eigenvalue weighted by molar-refractivity contribution is 7.14. The van der Waals surface area contributed by atoms with Crippen LogP contribution in [0.4, 0.5) is 10.8 Å². The number of esters is 1. The SMILES string of the molecule is CC(=O)N(c1nc(COC(=O)COc2ccccc2)cs1)c1ccc(C)cc1C. The first-order chi connectivity index (χ1) is 13.9. The first-order valence-corrected chi connectivity index (χ1v) is 9.98. The highest BCUT2D eigenvalue weighted by Crippen LogP contribution is 2.31. The Morgan fingerprint density at radius 1 is 1.10 bits per heavy atom. The van der Waals surface area contributed by atoms with E-state index in [0.717, 1.165) is 16.8 Å². The molecule has 1 amide bonds. The number of rotatable bonds is 7. The predicted molar refractivity (Wildman–Crippen MR) is 113 cm³/mol. The maximum Gasteiger partial charge on any atom is 0.344 e. The number of anilines is 2. The van der Waals surface area contributed by atoms with Gasteiger partial charge in [-0.05, 0) is 37.6 Å². The number of hydrogen-bond donors (Lipinski definition) is 0. The van der Waals surface area contributed by atoms with Crippen LogP contribution in [0.25, 0.3) is 0 Å². The number of thiazole rings is 1. The van der Waals surface area contributed by atoms with E-state index in [2.05, 4.69) is 4.98 Å².